The van der Waals surface area contributed by atoms with Crippen molar-refractivity contribution in [2.45, 2.75) is 13.2 Å². The van der Waals surface area contributed by atoms with Gasteiger partial charge in [0, 0.05) is 17.4 Å². The van der Waals surface area contributed by atoms with E-state index in [0.717, 1.165) is 22.2 Å². The van der Waals surface area contributed by atoms with Gasteiger partial charge in [0.15, 0.2) is 0 Å². The summed E-state index contributed by atoms with van der Waals surface area (Å²) in [7, 11) is 0. The van der Waals surface area contributed by atoms with Crippen LogP contribution in [0.5, 0.6) is 5.75 Å². The van der Waals surface area contributed by atoms with Gasteiger partial charge in [-0.25, -0.2) is 0 Å². The first-order valence-electron chi connectivity index (χ1n) is 6.44. The molecular formula is C16H15ClN2O. The van der Waals surface area contributed by atoms with Crippen LogP contribution in [0.3, 0.4) is 0 Å². The predicted octanol–water partition coefficient (Wildman–Crippen LogP) is 3.86. The van der Waals surface area contributed by atoms with Crippen molar-refractivity contribution in [1.29, 1.82) is 0 Å². The number of H-pyrrole nitrogens is 1. The van der Waals surface area contributed by atoms with E-state index < -0.39 is 0 Å². The Morgan fingerprint density at radius 1 is 1.10 bits per heavy atom. The van der Waals surface area contributed by atoms with Crippen molar-refractivity contribution >= 4 is 22.5 Å². The Bertz CT molecular complexity index is 736. The maximum Gasteiger partial charge on any atom is 0.138 e. The van der Waals surface area contributed by atoms with Gasteiger partial charge in [0.2, 0.25) is 0 Å². The fourth-order valence-electron chi connectivity index (χ4n) is 2.16. The van der Waals surface area contributed by atoms with Crippen LogP contribution in [0.2, 0.25) is 5.02 Å². The lowest BCUT2D eigenvalue weighted by molar-refractivity contribution is 0.302. The molecule has 0 unspecified atom stereocenters. The van der Waals surface area contributed by atoms with Gasteiger partial charge in [0.1, 0.15) is 12.4 Å². The van der Waals surface area contributed by atoms with Gasteiger partial charge in [-0.2, -0.15) is 0 Å². The van der Waals surface area contributed by atoms with Crippen LogP contribution in [0.25, 0.3) is 10.9 Å². The summed E-state index contributed by atoms with van der Waals surface area (Å²) in [6, 6.07) is 15.7. The average Bonchev–Trinajstić information content (AvgIpc) is 2.88. The zero-order valence-electron chi connectivity index (χ0n) is 10.9. The SMILES string of the molecule is NCc1ccc2[nH]c(COc3ccccc3Cl)cc2c1. The van der Waals surface area contributed by atoms with E-state index in [0.29, 0.717) is 23.9 Å². The molecule has 0 radical (unpaired) electrons. The maximum absolute atomic E-state index is 6.06. The molecule has 0 amide bonds. The van der Waals surface area contributed by atoms with E-state index in [1.54, 1.807) is 0 Å². The Balaban J connectivity index is 1.79. The number of benzene rings is 2. The van der Waals surface area contributed by atoms with Crippen LogP contribution in [0.1, 0.15) is 11.3 Å². The van der Waals surface area contributed by atoms with Crippen LogP contribution in [0.4, 0.5) is 0 Å². The topological polar surface area (TPSA) is 51.0 Å². The molecule has 3 N–H and O–H groups in total. The van der Waals surface area contributed by atoms with Gasteiger partial charge in [-0.15, -0.1) is 0 Å². The second kappa shape index (κ2) is 5.57. The van der Waals surface area contributed by atoms with Crippen LogP contribution in [-0.2, 0) is 13.2 Å². The zero-order valence-corrected chi connectivity index (χ0v) is 11.7. The maximum atomic E-state index is 6.06. The fraction of sp³-hybridized carbons (Fsp3) is 0.125. The van der Waals surface area contributed by atoms with Gasteiger partial charge in [0.05, 0.1) is 10.7 Å². The van der Waals surface area contributed by atoms with Crippen LogP contribution < -0.4 is 10.5 Å². The quantitative estimate of drug-likeness (QED) is 0.765. The summed E-state index contributed by atoms with van der Waals surface area (Å²) in [6.07, 6.45) is 0. The smallest absolute Gasteiger partial charge is 0.138 e. The minimum Gasteiger partial charge on any atom is -0.486 e. The number of nitrogens with one attached hydrogen (secondary N) is 1. The second-order valence-corrected chi connectivity index (χ2v) is 5.05. The molecule has 1 aromatic heterocycles. The third-order valence-corrected chi connectivity index (χ3v) is 3.51. The van der Waals surface area contributed by atoms with Crippen LogP contribution in [0, 0.1) is 0 Å². The molecule has 2 aromatic carbocycles. The minimum atomic E-state index is 0.455. The molecule has 102 valence electrons. The van der Waals surface area contributed by atoms with Gasteiger partial charge in [-0.3, -0.25) is 0 Å². The zero-order chi connectivity index (χ0) is 13.9. The molecule has 0 atom stereocenters. The monoisotopic (exact) mass is 286 g/mol. The number of hydrogen-bond donors (Lipinski definition) is 2. The molecule has 20 heavy (non-hydrogen) atoms. The lowest BCUT2D eigenvalue weighted by atomic mass is 10.1. The highest BCUT2D eigenvalue weighted by Crippen LogP contribution is 2.25. The number of aromatic nitrogens is 1. The Morgan fingerprint density at radius 2 is 1.95 bits per heavy atom. The summed E-state index contributed by atoms with van der Waals surface area (Å²) >= 11 is 6.06. The first-order valence-corrected chi connectivity index (χ1v) is 6.82. The molecule has 3 rings (SSSR count). The summed E-state index contributed by atoms with van der Waals surface area (Å²) < 4.78 is 5.72. The first kappa shape index (κ1) is 13.0. The molecular weight excluding hydrogens is 272 g/mol. The van der Waals surface area contributed by atoms with Crippen molar-refractivity contribution in [2.24, 2.45) is 5.73 Å². The Morgan fingerprint density at radius 3 is 2.75 bits per heavy atom. The number of ether oxygens (including phenoxy) is 1. The normalized spacial score (nSPS) is 10.9. The summed E-state index contributed by atoms with van der Waals surface area (Å²) in [6.45, 7) is 1.00. The summed E-state index contributed by atoms with van der Waals surface area (Å²) in [5.74, 6) is 0.690. The molecule has 0 aliphatic rings. The molecule has 4 heteroatoms. The number of para-hydroxylation sites is 1. The van der Waals surface area contributed by atoms with Crippen molar-refractivity contribution in [1.82, 2.24) is 4.98 Å². The first-order chi connectivity index (χ1) is 9.76. The van der Waals surface area contributed by atoms with Gasteiger partial charge >= 0.3 is 0 Å². The summed E-state index contributed by atoms with van der Waals surface area (Å²) in [5.41, 5.74) is 8.86. The molecule has 0 spiro atoms. The predicted molar refractivity (Wildman–Crippen MR) is 82.0 cm³/mol. The summed E-state index contributed by atoms with van der Waals surface area (Å²) in [5, 5.41) is 1.76. The Labute approximate surface area is 122 Å². The third kappa shape index (κ3) is 2.64. The van der Waals surface area contributed by atoms with Crippen LogP contribution in [0.15, 0.2) is 48.5 Å². The standard InChI is InChI=1S/C16H15ClN2O/c17-14-3-1-2-4-16(14)20-10-13-8-12-7-11(9-18)5-6-15(12)19-13/h1-8,19H,9-10,18H2. The van der Waals surface area contributed by atoms with E-state index >= 15 is 0 Å². The minimum absolute atomic E-state index is 0.455. The van der Waals surface area contributed by atoms with Gasteiger partial charge < -0.3 is 15.5 Å². The number of nitrogens with two attached hydrogens (primary N) is 1. The highest BCUT2D eigenvalue weighted by atomic mass is 35.5. The third-order valence-electron chi connectivity index (χ3n) is 3.20. The van der Waals surface area contributed by atoms with Crippen molar-refractivity contribution in [3.8, 4) is 5.75 Å². The fourth-order valence-corrected chi connectivity index (χ4v) is 2.35. The van der Waals surface area contributed by atoms with Gasteiger partial charge in [-0.1, -0.05) is 29.8 Å². The van der Waals surface area contributed by atoms with E-state index in [4.69, 9.17) is 22.1 Å². The van der Waals surface area contributed by atoms with E-state index in [-0.39, 0.29) is 0 Å². The highest BCUT2D eigenvalue weighted by Gasteiger charge is 2.04. The van der Waals surface area contributed by atoms with Crippen LogP contribution >= 0.6 is 11.6 Å². The largest absolute Gasteiger partial charge is 0.486 e. The lowest BCUT2D eigenvalue weighted by Gasteiger charge is -2.05. The highest BCUT2D eigenvalue weighted by molar-refractivity contribution is 6.32. The van der Waals surface area contributed by atoms with E-state index in [1.165, 1.54) is 0 Å². The number of hydrogen-bond acceptors (Lipinski definition) is 2. The van der Waals surface area contributed by atoms with Gasteiger partial charge in [-0.05, 0) is 35.9 Å². The Hall–Kier alpha value is -1.97. The second-order valence-electron chi connectivity index (χ2n) is 4.64. The average molecular weight is 287 g/mol. The van der Waals surface area contributed by atoms with E-state index in [1.807, 2.05) is 36.4 Å². The van der Waals surface area contributed by atoms with Crippen molar-refractivity contribution in [3.63, 3.8) is 0 Å². The number of fused-ring (bicyclic) bond motifs is 1. The lowest BCUT2D eigenvalue weighted by Crippen LogP contribution is -1.95. The van der Waals surface area contributed by atoms with Crippen molar-refractivity contribution < 1.29 is 4.74 Å². The molecule has 0 saturated heterocycles. The molecule has 3 nitrogen and oxygen atoms in total. The number of halogens is 1. The van der Waals surface area contributed by atoms with Crippen LogP contribution in [-0.4, -0.2) is 4.98 Å². The van der Waals surface area contributed by atoms with Crippen molar-refractivity contribution in [2.75, 3.05) is 0 Å². The van der Waals surface area contributed by atoms with E-state index in [2.05, 4.69) is 17.1 Å². The molecule has 0 saturated carbocycles. The van der Waals surface area contributed by atoms with Crippen molar-refractivity contribution in [3.05, 3.63) is 64.8 Å². The molecule has 3 aromatic rings. The number of aromatic amines is 1. The number of rotatable bonds is 4. The molecule has 0 aliphatic carbocycles. The summed E-state index contributed by atoms with van der Waals surface area (Å²) in [4.78, 5) is 3.33. The van der Waals surface area contributed by atoms with Gasteiger partial charge in [0.25, 0.3) is 0 Å². The molecule has 0 bridgehead atoms. The Kier molecular flexibility index (Phi) is 3.63. The molecule has 1 heterocycles. The molecule has 0 aliphatic heterocycles. The van der Waals surface area contributed by atoms with E-state index in [9.17, 15) is 0 Å². The molecule has 0 fully saturated rings.